The summed E-state index contributed by atoms with van der Waals surface area (Å²) in [6.07, 6.45) is 4.67. The van der Waals surface area contributed by atoms with Gasteiger partial charge in [-0.3, -0.25) is 14.6 Å². The summed E-state index contributed by atoms with van der Waals surface area (Å²) in [6.45, 7) is 4.80. The summed E-state index contributed by atoms with van der Waals surface area (Å²) in [4.78, 5) is 35.5. The Bertz CT molecular complexity index is 929. The number of hydrogen-bond acceptors (Lipinski definition) is 7. The van der Waals surface area contributed by atoms with Crippen molar-refractivity contribution in [2.45, 2.75) is 38.1 Å². The third kappa shape index (κ3) is 3.62. The lowest BCUT2D eigenvalue weighted by Gasteiger charge is -2.25. The summed E-state index contributed by atoms with van der Waals surface area (Å²) in [5, 5.41) is 7.08. The van der Waals surface area contributed by atoms with Gasteiger partial charge >= 0.3 is 0 Å². The maximum atomic E-state index is 12.7. The van der Waals surface area contributed by atoms with Crippen LogP contribution in [0.1, 0.15) is 40.5 Å². The van der Waals surface area contributed by atoms with Crippen LogP contribution in [0.5, 0.6) is 0 Å². The van der Waals surface area contributed by atoms with Gasteiger partial charge in [-0.1, -0.05) is 5.16 Å². The van der Waals surface area contributed by atoms with Crippen LogP contribution in [0.4, 0.5) is 0 Å². The molecule has 1 aliphatic heterocycles. The van der Waals surface area contributed by atoms with Crippen molar-refractivity contribution in [1.29, 1.82) is 0 Å². The van der Waals surface area contributed by atoms with E-state index in [9.17, 15) is 9.59 Å². The number of methoxy groups -OCH3 is 1. The van der Waals surface area contributed by atoms with Crippen LogP contribution in [-0.4, -0.2) is 64.7 Å². The van der Waals surface area contributed by atoms with Gasteiger partial charge in [0.15, 0.2) is 5.82 Å². The Kier molecular flexibility index (Phi) is 5.08. The molecule has 9 nitrogen and oxygen atoms in total. The van der Waals surface area contributed by atoms with E-state index >= 15 is 0 Å². The minimum Gasteiger partial charge on any atom is -0.375 e. The molecule has 2 aliphatic rings. The highest BCUT2D eigenvalue weighted by Gasteiger charge is 2.58. The summed E-state index contributed by atoms with van der Waals surface area (Å²) in [6, 6.07) is 1.78. The van der Waals surface area contributed by atoms with Crippen molar-refractivity contribution in [3.63, 3.8) is 0 Å². The fraction of sp³-hybridized carbons (Fsp3) is 0.550. The quantitative estimate of drug-likeness (QED) is 0.799. The first-order valence-corrected chi connectivity index (χ1v) is 9.71. The molecule has 1 saturated heterocycles. The van der Waals surface area contributed by atoms with Gasteiger partial charge in [0.2, 0.25) is 11.8 Å². The highest BCUT2D eigenvalue weighted by molar-refractivity contribution is 5.94. The number of aryl methyl sites for hydroxylation is 2. The number of rotatable bonds is 5. The summed E-state index contributed by atoms with van der Waals surface area (Å²) in [5.41, 5.74) is 1.03. The predicted molar refractivity (Wildman–Crippen MR) is 102 cm³/mol. The largest absolute Gasteiger partial charge is 0.375 e. The van der Waals surface area contributed by atoms with E-state index in [4.69, 9.17) is 9.26 Å². The Morgan fingerprint density at radius 1 is 1.38 bits per heavy atom. The zero-order chi connectivity index (χ0) is 20.6. The van der Waals surface area contributed by atoms with Crippen LogP contribution in [0.3, 0.4) is 0 Å². The number of pyridine rings is 1. The van der Waals surface area contributed by atoms with E-state index in [0.717, 1.165) is 12.0 Å². The molecule has 1 aliphatic carbocycles. The molecule has 2 aromatic heterocycles. The molecule has 29 heavy (non-hydrogen) atoms. The second-order valence-electron chi connectivity index (χ2n) is 8.07. The van der Waals surface area contributed by atoms with Gasteiger partial charge in [0.25, 0.3) is 5.91 Å². The Hall–Kier alpha value is -2.81. The van der Waals surface area contributed by atoms with Crippen molar-refractivity contribution >= 4 is 11.8 Å². The van der Waals surface area contributed by atoms with Gasteiger partial charge < -0.3 is 19.5 Å². The molecule has 0 bridgehead atoms. The number of ether oxygens (including phenoxy) is 1. The van der Waals surface area contributed by atoms with Crippen LogP contribution >= 0.6 is 0 Å². The van der Waals surface area contributed by atoms with Gasteiger partial charge in [0, 0.05) is 38.6 Å². The topological polar surface area (TPSA) is 110 Å². The molecule has 9 heteroatoms. The van der Waals surface area contributed by atoms with E-state index in [1.54, 1.807) is 24.2 Å². The summed E-state index contributed by atoms with van der Waals surface area (Å²) < 4.78 is 10.5. The number of aromatic nitrogens is 3. The Balaban J connectivity index is 1.54. The van der Waals surface area contributed by atoms with Crippen LogP contribution in [0.25, 0.3) is 0 Å². The fourth-order valence-corrected chi connectivity index (χ4v) is 4.66. The number of nitrogens with zero attached hydrogens (tertiary/aromatic N) is 4. The standard InChI is InChI=1S/C20H25N5O4/c1-12-4-14(8-21-7-12)18(27)23-16-5-15-9-25(17(26)10-28-3)11-20(15,6-16)19-22-13(2)24-29-19/h4,7-8,15-16H,5-6,9-11H2,1-3H3,(H,23,27). The van der Waals surface area contributed by atoms with E-state index < -0.39 is 5.41 Å². The first-order chi connectivity index (χ1) is 13.9. The molecule has 0 spiro atoms. The summed E-state index contributed by atoms with van der Waals surface area (Å²) >= 11 is 0. The molecule has 154 valence electrons. The second-order valence-corrected chi connectivity index (χ2v) is 8.07. The first kappa shape index (κ1) is 19.5. The molecule has 4 rings (SSSR count). The molecule has 3 heterocycles. The summed E-state index contributed by atoms with van der Waals surface area (Å²) in [5.74, 6) is 1.04. The molecule has 2 aromatic rings. The number of nitrogens with one attached hydrogen (secondary N) is 1. The van der Waals surface area contributed by atoms with E-state index in [-0.39, 0.29) is 30.4 Å². The third-order valence-corrected chi connectivity index (χ3v) is 5.92. The molecular weight excluding hydrogens is 374 g/mol. The molecule has 0 radical (unpaired) electrons. The average Bonchev–Trinajstić information content (AvgIpc) is 3.34. The van der Waals surface area contributed by atoms with E-state index in [1.807, 2.05) is 13.0 Å². The van der Waals surface area contributed by atoms with Gasteiger partial charge in [-0.25, -0.2) is 0 Å². The van der Waals surface area contributed by atoms with Crippen LogP contribution in [0.15, 0.2) is 23.0 Å². The van der Waals surface area contributed by atoms with E-state index in [0.29, 0.717) is 36.8 Å². The lowest BCUT2D eigenvalue weighted by Crippen LogP contribution is -2.40. The maximum absolute atomic E-state index is 12.7. The van der Waals surface area contributed by atoms with E-state index in [1.165, 1.54) is 7.11 Å². The van der Waals surface area contributed by atoms with Crippen LogP contribution < -0.4 is 5.32 Å². The monoisotopic (exact) mass is 399 g/mol. The Morgan fingerprint density at radius 2 is 2.21 bits per heavy atom. The van der Waals surface area contributed by atoms with Crippen LogP contribution in [0, 0.1) is 19.8 Å². The van der Waals surface area contributed by atoms with Gasteiger partial charge in [-0.2, -0.15) is 4.98 Å². The lowest BCUT2D eigenvalue weighted by molar-refractivity contribution is -0.134. The molecule has 0 aromatic carbocycles. The molecule has 2 fully saturated rings. The number of hydrogen-bond donors (Lipinski definition) is 1. The van der Waals surface area contributed by atoms with Gasteiger partial charge in [-0.05, 0) is 44.2 Å². The number of carbonyl (C=O) groups excluding carboxylic acids is 2. The van der Waals surface area contributed by atoms with Crippen molar-refractivity contribution in [2.24, 2.45) is 5.92 Å². The maximum Gasteiger partial charge on any atom is 0.253 e. The van der Waals surface area contributed by atoms with Gasteiger partial charge in [0.05, 0.1) is 11.0 Å². The van der Waals surface area contributed by atoms with Crippen molar-refractivity contribution in [3.8, 4) is 0 Å². The highest BCUT2D eigenvalue weighted by Crippen LogP contribution is 2.50. The number of likely N-dealkylation sites (tertiary alicyclic amines) is 1. The number of amides is 2. The lowest BCUT2D eigenvalue weighted by atomic mass is 9.80. The minimum atomic E-state index is -0.451. The van der Waals surface area contributed by atoms with Gasteiger partial charge in [-0.15, -0.1) is 0 Å². The molecule has 1 saturated carbocycles. The average molecular weight is 399 g/mol. The minimum absolute atomic E-state index is 0.0418. The highest BCUT2D eigenvalue weighted by atomic mass is 16.5. The first-order valence-electron chi connectivity index (χ1n) is 9.71. The number of carbonyl (C=O) groups is 2. The van der Waals surface area contributed by atoms with Crippen molar-refractivity contribution in [2.75, 3.05) is 26.8 Å². The molecule has 3 atom stereocenters. The zero-order valence-corrected chi connectivity index (χ0v) is 16.8. The summed E-state index contributed by atoms with van der Waals surface area (Å²) in [7, 11) is 1.51. The molecule has 1 N–H and O–H groups in total. The fourth-order valence-electron chi connectivity index (χ4n) is 4.66. The molecule has 3 unspecified atom stereocenters. The normalized spacial score (nSPS) is 25.8. The predicted octanol–water partition coefficient (Wildman–Crippen LogP) is 1.02. The van der Waals surface area contributed by atoms with Crippen molar-refractivity contribution in [3.05, 3.63) is 41.3 Å². The van der Waals surface area contributed by atoms with Crippen LogP contribution in [-0.2, 0) is 14.9 Å². The van der Waals surface area contributed by atoms with Crippen LogP contribution in [0.2, 0.25) is 0 Å². The second kappa shape index (κ2) is 7.55. The zero-order valence-electron chi connectivity index (χ0n) is 16.8. The van der Waals surface area contributed by atoms with Crippen molar-refractivity contribution in [1.82, 2.24) is 25.3 Å². The van der Waals surface area contributed by atoms with E-state index in [2.05, 4.69) is 20.4 Å². The Morgan fingerprint density at radius 3 is 2.90 bits per heavy atom. The van der Waals surface area contributed by atoms with Crippen molar-refractivity contribution < 1.29 is 18.8 Å². The molecular formula is C20H25N5O4. The SMILES string of the molecule is COCC(=O)N1CC2CC(NC(=O)c3cncc(C)c3)CC2(c2nc(C)no2)C1. The van der Waals surface area contributed by atoms with Gasteiger partial charge in [0.1, 0.15) is 6.61 Å². The number of fused-ring (bicyclic) bond motifs is 1. The Labute approximate surface area is 168 Å². The third-order valence-electron chi connectivity index (χ3n) is 5.92. The molecule has 2 amide bonds. The smallest absolute Gasteiger partial charge is 0.253 e.